The van der Waals surface area contributed by atoms with Crippen LogP contribution in [0, 0.1) is 5.82 Å². The summed E-state index contributed by atoms with van der Waals surface area (Å²) in [5.41, 5.74) is 2.03. The zero-order valence-corrected chi connectivity index (χ0v) is 14.5. The van der Waals surface area contributed by atoms with Gasteiger partial charge in [-0.25, -0.2) is 14.4 Å². The van der Waals surface area contributed by atoms with Gasteiger partial charge in [-0.05, 0) is 62.4 Å². The van der Waals surface area contributed by atoms with E-state index in [0.717, 1.165) is 11.3 Å². The average molecular weight is 350 g/mol. The topological polar surface area (TPSA) is 66.9 Å². The predicted molar refractivity (Wildman–Crippen MR) is 99.8 cm³/mol. The number of hydrogen-bond donors (Lipinski definition) is 2. The van der Waals surface area contributed by atoms with Gasteiger partial charge in [0.25, 0.3) is 5.91 Å². The molecule has 5 nitrogen and oxygen atoms in total. The summed E-state index contributed by atoms with van der Waals surface area (Å²) < 4.78 is 13.1. The van der Waals surface area contributed by atoms with Crippen molar-refractivity contribution in [2.75, 3.05) is 5.32 Å². The van der Waals surface area contributed by atoms with Crippen molar-refractivity contribution in [2.24, 2.45) is 0 Å². The molecule has 1 heterocycles. The van der Waals surface area contributed by atoms with E-state index in [1.54, 1.807) is 42.6 Å². The molecule has 0 aliphatic heterocycles. The zero-order chi connectivity index (χ0) is 18.5. The Hall–Kier alpha value is -3.28. The zero-order valence-electron chi connectivity index (χ0n) is 14.5. The van der Waals surface area contributed by atoms with Crippen LogP contribution < -0.4 is 10.6 Å². The molecule has 0 spiro atoms. The molecule has 0 fully saturated rings. The van der Waals surface area contributed by atoms with Crippen LogP contribution in [-0.4, -0.2) is 21.9 Å². The SMILES string of the molecule is CC(C)NC(=O)c1cccc(Nc2ccnc(-c3ccc(F)cc3)n2)c1. The molecule has 3 aromatic rings. The highest BCUT2D eigenvalue weighted by Gasteiger charge is 2.08. The lowest BCUT2D eigenvalue weighted by molar-refractivity contribution is 0.0943. The second-order valence-corrected chi connectivity index (χ2v) is 6.11. The van der Waals surface area contributed by atoms with Crippen LogP contribution in [0.15, 0.2) is 60.8 Å². The fourth-order valence-corrected chi connectivity index (χ4v) is 2.40. The molecule has 0 atom stereocenters. The molecule has 132 valence electrons. The Labute approximate surface area is 151 Å². The van der Waals surface area contributed by atoms with Gasteiger partial charge in [0, 0.05) is 29.1 Å². The predicted octanol–water partition coefficient (Wildman–Crippen LogP) is 4.16. The second-order valence-electron chi connectivity index (χ2n) is 6.11. The first kappa shape index (κ1) is 17.5. The Balaban J connectivity index is 1.80. The number of amides is 1. The smallest absolute Gasteiger partial charge is 0.251 e. The second kappa shape index (κ2) is 7.74. The normalized spacial score (nSPS) is 10.6. The summed E-state index contributed by atoms with van der Waals surface area (Å²) in [6, 6.07) is 15.0. The number of nitrogens with one attached hydrogen (secondary N) is 2. The number of benzene rings is 2. The van der Waals surface area contributed by atoms with E-state index >= 15 is 0 Å². The third-order valence-electron chi connectivity index (χ3n) is 3.57. The number of anilines is 2. The molecule has 26 heavy (non-hydrogen) atoms. The van der Waals surface area contributed by atoms with Gasteiger partial charge in [0.05, 0.1) is 0 Å². The number of aromatic nitrogens is 2. The molecule has 0 saturated carbocycles. The van der Waals surface area contributed by atoms with E-state index in [1.807, 2.05) is 19.9 Å². The lowest BCUT2D eigenvalue weighted by Gasteiger charge is -2.11. The van der Waals surface area contributed by atoms with E-state index in [9.17, 15) is 9.18 Å². The highest BCUT2D eigenvalue weighted by Crippen LogP contribution is 2.20. The van der Waals surface area contributed by atoms with Gasteiger partial charge in [-0.15, -0.1) is 0 Å². The van der Waals surface area contributed by atoms with Crippen molar-refractivity contribution in [1.29, 1.82) is 0 Å². The van der Waals surface area contributed by atoms with E-state index in [-0.39, 0.29) is 17.8 Å². The lowest BCUT2D eigenvalue weighted by atomic mass is 10.1. The monoisotopic (exact) mass is 350 g/mol. The van der Waals surface area contributed by atoms with Crippen LogP contribution in [0.5, 0.6) is 0 Å². The molecule has 3 rings (SSSR count). The van der Waals surface area contributed by atoms with E-state index in [1.165, 1.54) is 12.1 Å². The third kappa shape index (κ3) is 4.42. The molecular formula is C20H19FN4O. The maximum absolute atomic E-state index is 13.1. The van der Waals surface area contributed by atoms with Gasteiger partial charge in [-0.1, -0.05) is 6.07 Å². The Morgan fingerprint density at radius 3 is 2.58 bits per heavy atom. The summed E-state index contributed by atoms with van der Waals surface area (Å²) in [5, 5.41) is 6.03. The van der Waals surface area contributed by atoms with Gasteiger partial charge < -0.3 is 10.6 Å². The van der Waals surface area contributed by atoms with Crippen molar-refractivity contribution in [3.8, 4) is 11.4 Å². The maximum atomic E-state index is 13.1. The third-order valence-corrected chi connectivity index (χ3v) is 3.57. The van der Waals surface area contributed by atoms with E-state index in [0.29, 0.717) is 17.2 Å². The van der Waals surface area contributed by atoms with Crippen molar-refractivity contribution in [3.63, 3.8) is 0 Å². The Kier molecular flexibility index (Phi) is 5.22. The summed E-state index contributed by atoms with van der Waals surface area (Å²) >= 11 is 0. The minimum Gasteiger partial charge on any atom is -0.350 e. The van der Waals surface area contributed by atoms with Gasteiger partial charge in [-0.2, -0.15) is 0 Å². The van der Waals surface area contributed by atoms with Crippen LogP contribution in [0.1, 0.15) is 24.2 Å². The number of carbonyl (C=O) groups is 1. The van der Waals surface area contributed by atoms with Crippen molar-refractivity contribution in [3.05, 3.63) is 72.2 Å². The first-order valence-corrected chi connectivity index (χ1v) is 8.28. The highest BCUT2D eigenvalue weighted by atomic mass is 19.1. The van der Waals surface area contributed by atoms with Gasteiger partial charge in [-0.3, -0.25) is 4.79 Å². The van der Waals surface area contributed by atoms with E-state index < -0.39 is 0 Å². The molecule has 1 aromatic heterocycles. The quantitative estimate of drug-likeness (QED) is 0.725. The Bertz CT molecular complexity index is 910. The van der Waals surface area contributed by atoms with Crippen molar-refractivity contribution >= 4 is 17.4 Å². The molecule has 0 radical (unpaired) electrons. The number of halogens is 1. The molecule has 0 bridgehead atoms. The molecule has 0 aliphatic carbocycles. The summed E-state index contributed by atoms with van der Waals surface area (Å²) in [5.74, 6) is 0.641. The van der Waals surface area contributed by atoms with Crippen molar-refractivity contribution < 1.29 is 9.18 Å². The minimum absolute atomic E-state index is 0.0687. The van der Waals surface area contributed by atoms with E-state index in [4.69, 9.17) is 0 Å². The Morgan fingerprint density at radius 2 is 1.85 bits per heavy atom. The molecule has 2 aromatic carbocycles. The first-order valence-electron chi connectivity index (χ1n) is 8.28. The van der Waals surface area contributed by atoms with Gasteiger partial charge in [0.15, 0.2) is 5.82 Å². The van der Waals surface area contributed by atoms with Crippen LogP contribution in [-0.2, 0) is 0 Å². The van der Waals surface area contributed by atoms with E-state index in [2.05, 4.69) is 20.6 Å². The molecule has 0 saturated heterocycles. The molecule has 6 heteroatoms. The number of nitrogens with zero attached hydrogens (tertiary/aromatic N) is 2. The van der Waals surface area contributed by atoms with Crippen LogP contribution in [0.4, 0.5) is 15.9 Å². The number of hydrogen-bond acceptors (Lipinski definition) is 4. The molecular weight excluding hydrogens is 331 g/mol. The average Bonchev–Trinajstić information content (AvgIpc) is 2.62. The van der Waals surface area contributed by atoms with Gasteiger partial charge >= 0.3 is 0 Å². The van der Waals surface area contributed by atoms with Crippen molar-refractivity contribution in [1.82, 2.24) is 15.3 Å². The first-order chi connectivity index (χ1) is 12.5. The lowest BCUT2D eigenvalue weighted by Crippen LogP contribution is -2.30. The van der Waals surface area contributed by atoms with Crippen molar-refractivity contribution in [2.45, 2.75) is 19.9 Å². The van der Waals surface area contributed by atoms with Crippen LogP contribution in [0.2, 0.25) is 0 Å². The molecule has 0 unspecified atom stereocenters. The standard InChI is InChI=1S/C20H19FN4O/c1-13(2)23-20(26)15-4-3-5-17(12-15)24-18-10-11-22-19(25-18)14-6-8-16(21)9-7-14/h3-13H,1-2H3,(H,23,26)(H,22,24,25). The largest absolute Gasteiger partial charge is 0.350 e. The molecule has 2 N–H and O–H groups in total. The minimum atomic E-state index is -0.306. The maximum Gasteiger partial charge on any atom is 0.251 e. The fraction of sp³-hybridized carbons (Fsp3) is 0.150. The number of rotatable bonds is 5. The number of carbonyl (C=O) groups excluding carboxylic acids is 1. The van der Waals surface area contributed by atoms with Gasteiger partial charge in [0.1, 0.15) is 11.6 Å². The van der Waals surface area contributed by atoms with Crippen LogP contribution >= 0.6 is 0 Å². The summed E-state index contributed by atoms with van der Waals surface area (Å²) in [7, 11) is 0. The summed E-state index contributed by atoms with van der Waals surface area (Å²) in [6.07, 6.45) is 1.63. The fourth-order valence-electron chi connectivity index (χ4n) is 2.40. The highest BCUT2D eigenvalue weighted by molar-refractivity contribution is 5.95. The Morgan fingerprint density at radius 1 is 1.08 bits per heavy atom. The summed E-state index contributed by atoms with van der Waals surface area (Å²) in [6.45, 7) is 3.83. The molecule has 0 aliphatic rings. The molecule has 1 amide bonds. The van der Waals surface area contributed by atoms with Crippen LogP contribution in [0.3, 0.4) is 0 Å². The van der Waals surface area contributed by atoms with Gasteiger partial charge in [0.2, 0.25) is 0 Å². The van der Waals surface area contributed by atoms with Crippen LogP contribution in [0.25, 0.3) is 11.4 Å². The summed E-state index contributed by atoms with van der Waals surface area (Å²) in [4.78, 5) is 20.8.